The lowest BCUT2D eigenvalue weighted by atomic mass is 10.3. The molecule has 0 saturated carbocycles. The molecular formula is C21H24N6O3S. The number of ether oxygens (including phenoxy) is 1. The molecule has 0 bridgehead atoms. The third kappa shape index (κ3) is 4.75. The lowest BCUT2D eigenvalue weighted by Crippen LogP contribution is -2.49. The Labute approximate surface area is 181 Å². The molecule has 3 heterocycles. The summed E-state index contributed by atoms with van der Waals surface area (Å²) in [5.74, 6) is 3.35. The summed E-state index contributed by atoms with van der Waals surface area (Å²) in [6.07, 6.45) is 1.71. The number of hydrogen-bond acceptors (Lipinski definition) is 8. The number of aromatic nitrogens is 3. The van der Waals surface area contributed by atoms with E-state index in [2.05, 4.69) is 25.2 Å². The van der Waals surface area contributed by atoms with Gasteiger partial charge in [0.05, 0.1) is 12.0 Å². The molecule has 4 rings (SSSR count). The van der Waals surface area contributed by atoms with Crippen molar-refractivity contribution < 1.29 is 13.2 Å². The Kier molecular flexibility index (Phi) is 6.01. The number of anilines is 3. The molecule has 0 radical (unpaired) electrons. The van der Waals surface area contributed by atoms with Crippen molar-refractivity contribution >= 4 is 27.5 Å². The summed E-state index contributed by atoms with van der Waals surface area (Å²) in [6, 6.07) is 13.9. The van der Waals surface area contributed by atoms with Crippen LogP contribution in [0.4, 0.5) is 17.5 Å². The van der Waals surface area contributed by atoms with Crippen LogP contribution in [0.2, 0.25) is 0 Å². The van der Waals surface area contributed by atoms with Crippen molar-refractivity contribution in [3.63, 3.8) is 0 Å². The second-order valence-electron chi connectivity index (χ2n) is 7.07. The zero-order valence-corrected chi connectivity index (χ0v) is 18.2. The molecule has 31 heavy (non-hydrogen) atoms. The molecule has 0 amide bonds. The van der Waals surface area contributed by atoms with Crippen LogP contribution in [0.5, 0.6) is 5.75 Å². The highest BCUT2D eigenvalue weighted by Crippen LogP contribution is 2.24. The van der Waals surface area contributed by atoms with Crippen molar-refractivity contribution in [1.82, 2.24) is 19.3 Å². The van der Waals surface area contributed by atoms with Gasteiger partial charge in [0.1, 0.15) is 29.0 Å². The van der Waals surface area contributed by atoms with Crippen LogP contribution >= 0.6 is 0 Å². The summed E-state index contributed by atoms with van der Waals surface area (Å²) in [7, 11) is -2.00. The Morgan fingerprint density at radius 3 is 2.35 bits per heavy atom. The maximum atomic E-state index is 13.0. The number of aryl methyl sites for hydroxylation is 1. The number of nitrogens with zero attached hydrogens (tertiary/aromatic N) is 5. The van der Waals surface area contributed by atoms with E-state index in [1.54, 1.807) is 37.6 Å². The molecule has 1 aliphatic heterocycles. The average Bonchev–Trinajstić information content (AvgIpc) is 2.79. The normalized spacial score (nSPS) is 15.0. The number of benzene rings is 1. The molecule has 10 heteroatoms. The fourth-order valence-corrected chi connectivity index (χ4v) is 4.82. The molecule has 0 atom stereocenters. The van der Waals surface area contributed by atoms with E-state index in [0.717, 1.165) is 5.82 Å². The highest BCUT2D eigenvalue weighted by molar-refractivity contribution is 7.89. The monoisotopic (exact) mass is 440 g/mol. The molecule has 9 nitrogen and oxygen atoms in total. The van der Waals surface area contributed by atoms with Crippen molar-refractivity contribution in [3.05, 3.63) is 60.6 Å². The van der Waals surface area contributed by atoms with Crippen molar-refractivity contribution in [2.45, 2.75) is 11.8 Å². The van der Waals surface area contributed by atoms with E-state index in [1.807, 2.05) is 31.2 Å². The van der Waals surface area contributed by atoms with Gasteiger partial charge in [0.25, 0.3) is 0 Å². The Balaban J connectivity index is 1.45. The molecule has 0 unspecified atom stereocenters. The predicted molar refractivity (Wildman–Crippen MR) is 118 cm³/mol. The fraction of sp³-hybridized carbons (Fsp3) is 0.286. The number of methoxy groups -OCH3 is 1. The van der Waals surface area contributed by atoms with Crippen molar-refractivity contribution in [2.24, 2.45) is 0 Å². The minimum Gasteiger partial charge on any atom is -0.497 e. The Hall–Kier alpha value is -3.24. The lowest BCUT2D eigenvalue weighted by Gasteiger charge is -2.34. The first kappa shape index (κ1) is 21.0. The highest BCUT2D eigenvalue weighted by Gasteiger charge is 2.29. The summed E-state index contributed by atoms with van der Waals surface area (Å²) >= 11 is 0. The second kappa shape index (κ2) is 8.86. The molecule has 2 aromatic heterocycles. The van der Waals surface area contributed by atoms with Crippen molar-refractivity contribution in [3.8, 4) is 5.75 Å². The SMILES string of the molecule is COc1ccc(S(=O)(=O)N2CCN(c3cc(Nc4ccccn4)nc(C)n3)CC2)cc1. The molecule has 0 spiro atoms. The van der Waals surface area contributed by atoms with Gasteiger partial charge in [-0.2, -0.15) is 4.31 Å². The van der Waals surface area contributed by atoms with E-state index in [4.69, 9.17) is 4.74 Å². The summed E-state index contributed by atoms with van der Waals surface area (Å²) < 4.78 is 32.5. The summed E-state index contributed by atoms with van der Waals surface area (Å²) in [6.45, 7) is 3.65. The van der Waals surface area contributed by atoms with Gasteiger partial charge in [-0.3, -0.25) is 0 Å². The van der Waals surface area contributed by atoms with Crippen LogP contribution in [0, 0.1) is 6.92 Å². The first-order valence-corrected chi connectivity index (χ1v) is 11.3. The fourth-order valence-electron chi connectivity index (χ4n) is 3.40. The first-order chi connectivity index (χ1) is 15.0. The number of pyridine rings is 1. The molecule has 3 aromatic rings. The Morgan fingerprint density at radius 1 is 0.968 bits per heavy atom. The van der Waals surface area contributed by atoms with Crippen molar-refractivity contribution in [2.75, 3.05) is 43.5 Å². The van der Waals surface area contributed by atoms with E-state index < -0.39 is 10.0 Å². The van der Waals surface area contributed by atoms with Crippen LogP contribution in [-0.4, -0.2) is 61.0 Å². The molecule has 1 saturated heterocycles. The molecular weight excluding hydrogens is 416 g/mol. The number of nitrogens with one attached hydrogen (secondary N) is 1. The van der Waals surface area contributed by atoms with E-state index in [-0.39, 0.29) is 4.90 Å². The van der Waals surface area contributed by atoms with Crippen molar-refractivity contribution in [1.29, 1.82) is 0 Å². The van der Waals surface area contributed by atoms with Crippen LogP contribution in [-0.2, 0) is 10.0 Å². The van der Waals surface area contributed by atoms with E-state index in [9.17, 15) is 8.42 Å². The molecule has 1 aromatic carbocycles. The van der Waals surface area contributed by atoms with Gasteiger partial charge in [0.15, 0.2) is 0 Å². The third-order valence-electron chi connectivity index (χ3n) is 5.01. The third-order valence-corrected chi connectivity index (χ3v) is 6.92. The number of hydrogen-bond donors (Lipinski definition) is 1. The zero-order chi connectivity index (χ0) is 21.8. The average molecular weight is 441 g/mol. The summed E-state index contributed by atoms with van der Waals surface area (Å²) in [5, 5.41) is 3.18. The quantitative estimate of drug-likeness (QED) is 0.624. The molecule has 0 aliphatic carbocycles. The summed E-state index contributed by atoms with van der Waals surface area (Å²) in [4.78, 5) is 15.6. The van der Waals surface area contributed by atoms with Gasteiger partial charge < -0.3 is 15.0 Å². The first-order valence-electron chi connectivity index (χ1n) is 9.88. The second-order valence-corrected chi connectivity index (χ2v) is 9.00. The van der Waals surface area contributed by atoms with Crippen LogP contribution in [0.25, 0.3) is 0 Å². The van der Waals surface area contributed by atoms with Gasteiger partial charge in [0, 0.05) is 38.4 Å². The van der Waals surface area contributed by atoms with Gasteiger partial charge in [-0.15, -0.1) is 0 Å². The predicted octanol–water partition coefficient (Wildman–Crippen LogP) is 2.44. The molecule has 1 N–H and O–H groups in total. The Morgan fingerprint density at radius 2 is 1.71 bits per heavy atom. The van der Waals surface area contributed by atoms with E-state index >= 15 is 0 Å². The van der Waals surface area contributed by atoms with Gasteiger partial charge in [0.2, 0.25) is 10.0 Å². The molecule has 1 fully saturated rings. The van der Waals surface area contributed by atoms with Crippen LogP contribution in [0.3, 0.4) is 0 Å². The molecule has 162 valence electrons. The largest absolute Gasteiger partial charge is 0.497 e. The maximum Gasteiger partial charge on any atom is 0.243 e. The minimum absolute atomic E-state index is 0.265. The topological polar surface area (TPSA) is 101 Å². The van der Waals surface area contributed by atoms with Gasteiger partial charge >= 0.3 is 0 Å². The van der Waals surface area contributed by atoms with Gasteiger partial charge in [-0.25, -0.2) is 23.4 Å². The van der Waals surface area contributed by atoms with E-state index in [0.29, 0.717) is 49.4 Å². The number of piperazine rings is 1. The lowest BCUT2D eigenvalue weighted by molar-refractivity contribution is 0.383. The number of rotatable bonds is 6. The van der Waals surface area contributed by atoms with Gasteiger partial charge in [-0.1, -0.05) is 6.07 Å². The van der Waals surface area contributed by atoms with Gasteiger partial charge in [-0.05, 0) is 43.3 Å². The number of sulfonamides is 1. The zero-order valence-electron chi connectivity index (χ0n) is 17.4. The summed E-state index contributed by atoms with van der Waals surface area (Å²) in [5.41, 5.74) is 0. The highest BCUT2D eigenvalue weighted by atomic mass is 32.2. The minimum atomic E-state index is -3.55. The smallest absolute Gasteiger partial charge is 0.243 e. The van der Waals surface area contributed by atoms with Crippen LogP contribution < -0.4 is 15.0 Å². The molecule has 1 aliphatic rings. The van der Waals surface area contributed by atoms with Crippen LogP contribution in [0.1, 0.15) is 5.82 Å². The Bertz CT molecular complexity index is 1130. The van der Waals surface area contributed by atoms with E-state index in [1.165, 1.54) is 4.31 Å². The maximum absolute atomic E-state index is 13.0. The van der Waals surface area contributed by atoms with Crippen LogP contribution in [0.15, 0.2) is 59.6 Å². The standard InChI is InChI=1S/C21H24N6O3S/c1-16-23-20(25-19-5-3-4-10-22-19)15-21(24-16)26-11-13-27(14-12-26)31(28,29)18-8-6-17(30-2)7-9-18/h3-10,15H,11-14H2,1-2H3,(H,22,23,24,25).